The van der Waals surface area contributed by atoms with Gasteiger partial charge >= 0.3 is 5.88 Å². The average Bonchev–Trinajstić information content (AvgIpc) is 2.86. The summed E-state index contributed by atoms with van der Waals surface area (Å²) < 4.78 is 22.8. The number of ether oxygens (including phenoxy) is 4. The second-order valence-corrected chi connectivity index (χ2v) is 9.54. The molecule has 3 atom stereocenters. The molecule has 1 saturated carbocycles. The number of rotatable bonds is 7. The predicted octanol–water partition coefficient (Wildman–Crippen LogP) is 5.61. The highest BCUT2D eigenvalue weighted by atomic mass is 16.5. The highest BCUT2D eigenvalue weighted by Crippen LogP contribution is 2.57. The molecule has 6 heteroatoms. The van der Waals surface area contributed by atoms with E-state index < -0.39 is 0 Å². The van der Waals surface area contributed by atoms with Gasteiger partial charge in [-0.1, -0.05) is 12.1 Å². The molecule has 0 spiro atoms. The highest BCUT2D eigenvalue weighted by molar-refractivity contribution is 5.55. The Balaban J connectivity index is 1.48. The Morgan fingerprint density at radius 3 is 2.59 bits per heavy atom. The molecule has 5 rings (SSSR count). The molecule has 34 heavy (non-hydrogen) atoms. The van der Waals surface area contributed by atoms with E-state index in [1.165, 1.54) is 16.7 Å². The van der Waals surface area contributed by atoms with Gasteiger partial charge in [-0.3, -0.25) is 0 Å². The largest absolute Gasteiger partial charge is 0.497 e. The molecule has 0 N–H and O–H groups in total. The molecule has 1 aromatic rings. The van der Waals surface area contributed by atoms with Gasteiger partial charge in [-0.25, -0.2) is 0 Å². The minimum absolute atomic E-state index is 0.345. The summed E-state index contributed by atoms with van der Waals surface area (Å²) in [6.07, 6.45) is 14.9. The molecule has 3 aliphatic carbocycles. The number of allylic oxidation sites excluding steroid dienone is 7. The molecule has 3 bridgehead atoms. The fourth-order valence-electron chi connectivity index (χ4n) is 6.09. The van der Waals surface area contributed by atoms with Crippen LogP contribution in [-0.2, 0) is 15.9 Å². The van der Waals surface area contributed by atoms with Crippen LogP contribution in [0.15, 0.2) is 77.1 Å². The van der Waals surface area contributed by atoms with Gasteiger partial charge < -0.3 is 18.9 Å². The van der Waals surface area contributed by atoms with Crippen LogP contribution in [0.3, 0.4) is 0 Å². The summed E-state index contributed by atoms with van der Waals surface area (Å²) in [7, 11) is 6.59. The number of fused-ring (bicyclic) bond motifs is 1. The lowest BCUT2D eigenvalue weighted by Gasteiger charge is -2.47. The quantitative estimate of drug-likeness (QED) is 0.493. The molecule has 0 aromatic heterocycles. The van der Waals surface area contributed by atoms with Crippen molar-refractivity contribution in [2.75, 3.05) is 28.4 Å². The number of methoxy groups -OCH3 is 4. The maximum absolute atomic E-state index is 13.0. The topological polar surface area (TPSA) is 57.0 Å². The minimum Gasteiger partial charge on any atom is -0.497 e. The molecule has 4 aliphatic rings. The Kier molecular flexibility index (Phi) is 5.84. The first-order valence-corrected chi connectivity index (χ1v) is 11.8. The molecule has 1 aliphatic heterocycles. The van der Waals surface area contributed by atoms with Crippen molar-refractivity contribution in [1.29, 1.82) is 0 Å². The van der Waals surface area contributed by atoms with E-state index >= 15 is 0 Å². The van der Waals surface area contributed by atoms with Gasteiger partial charge in [0, 0.05) is 22.0 Å². The fraction of sp³-hybridized carbons (Fsp3) is 0.429. The van der Waals surface area contributed by atoms with Crippen LogP contribution in [0, 0.1) is 22.2 Å². The van der Waals surface area contributed by atoms with Crippen LogP contribution < -0.4 is 9.47 Å². The summed E-state index contributed by atoms with van der Waals surface area (Å²) in [5.74, 6) is 3.73. The molecule has 6 nitrogen and oxygen atoms in total. The van der Waals surface area contributed by atoms with E-state index in [4.69, 9.17) is 18.9 Å². The Hall–Kier alpha value is -3.28. The summed E-state index contributed by atoms with van der Waals surface area (Å²) in [4.78, 5) is 13.0. The molecule has 1 aromatic carbocycles. The van der Waals surface area contributed by atoms with Crippen LogP contribution in [0.4, 0.5) is 0 Å². The van der Waals surface area contributed by atoms with Crippen molar-refractivity contribution >= 4 is 0 Å². The number of aryl methyl sites for hydroxylation is 1. The molecular formula is C28H32NO5+. The van der Waals surface area contributed by atoms with E-state index in [1.807, 2.05) is 18.2 Å². The normalized spacial score (nSPS) is 30.2. The number of benzene rings is 1. The third kappa shape index (κ3) is 3.75. The first kappa shape index (κ1) is 22.5. The third-order valence-corrected chi connectivity index (χ3v) is 7.83. The van der Waals surface area contributed by atoms with Crippen molar-refractivity contribution < 1.29 is 23.7 Å². The van der Waals surface area contributed by atoms with E-state index in [2.05, 4.69) is 24.3 Å². The first-order chi connectivity index (χ1) is 16.5. The van der Waals surface area contributed by atoms with Gasteiger partial charge in [-0.15, -0.1) is 0 Å². The molecule has 0 saturated heterocycles. The lowest BCUT2D eigenvalue weighted by atomic mass is 9.56. The highest BCUT2D eigenvalue weighted by Gasteiger charge is 2.49. The monoisotopic (exact) mass is 462 g/mol. The Morgan fingerprint density at radius 1 is 1.03 bits per heavy atom. The standard InChI is InChI=1S/C28H32NO5/c1-31-22-9-10-28-15-20-13-23(24(28)14-22)21(17-29(30)27(16-28)34-4)12-19(20)7-5-18-6-8-25(32-2)26(11-18)33-3/h6,8-11,14,16-17,19-20H,5,7,12-13,15H2,1-4H3/q+1/b21-17-,27-16+. The second-order valence-electron chi connectivity index (χ2n) is 9.54. The van der Waals surface area contributed by atoms with E-state index in [0.29, 0.717) is 17.7 Å². The zero-order chi connectivity index (χ0) is 23.9. The molecule has 3 unspecified atom stereocenters. The van der Waals surface area contributed by atoms with Gasteiger partial charge in [0.25, 0.3) is 0 Å². The van der Waals surface area contributed by atoms with Crippen LogP contribution >= 0.6 is 0 Å². The van der Waals surface area contributed by atoms with E-state index in [1.54, 1.807) is 34.6 Å². The van der Waals surface area contributed by atoms with Crippen LogP contribution in [0.5, 0.6) is 11.5 Å². The Labute approximate surface area is 200 Å². The van der Waals surface area contributed by atoms with Crippen LogP contribution in [0.2, 0.25) is 0 Å². The first-order valence-electron chi connectivity index (χ1n) is 11.8. The van der Waals surface area contributed by atoms with Gasteiger partial charge in [-0.05, 0) is 84.9 Å². The number of hydrogen-bond acceptors (Lipinski definition) is 5. The van der Waals surface area contributed by atoms with Gasteiger partial charge in [0.1, 0.15) is 10.5 Å². The van der Waals surface area contributed by atoms with Gasteiger partial charge in [0.05, 0.1) is 28.4 Å². The molecule has 0 radical (unpaired) electrons. The average molecular weight is 463 g/mol. The molecule has 178 valence electrons. The van der Waals surface area contributed by atoms with Crippen molar-refractivity contribution in [3.63, 3.8) is 0 Å². The second kappa shape index (κ2) is 8.82. The molecule has 1 heterocycles. The SMILES string of the molecule is COC1=CC2=C3CC4CC2(C=C1)/C=C(/OC)[N+](=O)/C=C\3CC4CCc1ccc(OC)c(OC)c1. The third-order valence-electron chi connectivity index (χ3n) is 7.83. The Morgan fingerprint density at radius 2 is 1.85 bits per heavy atom. The van der Waals surface area contributed by atoms with Crippen molar-refractivity contribution in [2.45, 2.75) is 32.1 Å². The van der Waals surface area contributed by atoms with E-state index in [9.17, 15) is 4.91 Å². The zero-order valence-electron chi connectivity index (χ0n) is 20.3. The predicted molar refractivity (Wildman–Crippen MR) is 129 cm³/mol. The van der Waals surface area contributed by atoms with Crippen molar-refractivity contribution in [1.82, 2.24) is 0 Å². The van der Waals surface area contributed by atoms with Crippen LogP contribution in [0.25, 0.3) is 0 Å². The smallest absolute Gasteiger partial charge is 0.419 e. The zero-order valence-corrected chi connectivity index (χ0v) is 20.3. The van der Waals surface area contributed by atoms with Crippen molar-refractivity contribution in [3.8, 4) is 11.5 Å². The van der Waals surface area contributed by atoms with E-state index in [0.717, 1.165) is 59.7 Å². The van der Waals surface area contributed by atoms with Crippen molar-refractivity contribution in [3.05, 3.63) is 87.5 Å². The Bertz CT molecular complexity index is 1170. The lowest BCUT2D eigenvalue weighted by Crippen LogP contribution is -2.38. The number of nitrogens with zero attached hydrogens (tertiary/aromatic N) is 1. The van der Waals surface area contributed by atoms with Crippen LogP contribution in [-0.4, -0.2) is 33.2 Å². The minimum atomic E-state index is -0.351. The van der Waals surface area contributed by atoms with Crippen LogP contribution in [0.1, 0.15) is 31.2 Å². The molecular weight excluding hydrogens is 430 g/mol. The van der Waals surface area contributed by atoms with Gasteiger partial charge in [0.15, 0.2) is 11.5 Å². The van der Waals surface area contributed by atoms with Crippen molar-refractivity contribution in [2.24, 2.45) is 17.3 Å². The molecule has 1 fully saturated rings. The van der Waals surface area contributed by atoms with Gasteiger partial charge in [0.2, 0.25) is 6.20 Å². The van der Waals surface area contributed by atoms with E-state index in [-0.39, 0.29) is 5.41 Å². The fourth-order valence-corrected chi connectivity index (χ4v) is 6.09. The summed E-state index contributed by atoms with van der Waals surface area (Å²) in [5.41, 5.74) is 4.54. The summed E-state index contributed by atoms with van der Waals surface area (Å²) in [6.45, 7) is 0. The summed E-state index contributed by atoms with van der Waals surface area (Å²) in [6, 6.07) is 6.16. The summed E-state index contributed by atoms with van der Waals surface area (Å²) >= 11 is 0. The summed E-state index contributed by atoms with van der Waals surface area (Å²) in [5, 5.41) is 0. The number of nitroso groups, excluding NO2 is 1. The number of hydrogen-bond donors (Lipinski definition) is 0. The van der Waals surface area contributed by atoms with Gasteiger partial charge in [-0.2, -0.15) is 0 Å². The molecule has 0 amide bonds. The maximum Gasteiger partial charge on any atom is 0.419 e. The maximum atomic E-state index is 13.0. The lowest BCUT2D eigenvalue weighted by molar-refractivity contribution is -0.462.